The highest BCUT2D eigenvalue weighted by atomic mass is 16.8. The Morgan fingerprint density at radius 2 is 1.62 bits per heavy atom. The first-order valence-electron chi connectivity index (χ1n) is 7.30. The number of aldehydes is 1. The predicted molar refractivity (Wildman–Crippen MR) is 83.7 cm³/mol. The molecule has 5 heteroatoms. The number of hydrogen-bond acceptors (Lipinski definition) is 5. The average Bonchev–Trinajstić information content (AvgIpc) is 2.43. The summed E-state index contributed by atoms with van der Waals surface area (Å²) in [5.74, 6) is 0. The fourth-order valence-corrected chi connectivity index (χ4v) is 2.42. The summed E-state index contributed by atoms with van der Waals surface area (Å²) in [6.45, 7) is 10.3. The molecule has 0 aliphatic rings. The van der Waals surface area contributed by atoms with Crippen molar-refractivity contribution in [2.75, 3.05) is 5.48 Å². The summed E-state index contributed by atoms with van der Waals surface area (Å²) < 4.78 is 5.68. The summed E-state index contributed by atoms with van der Waals surface area (Å²) in [4.78, 5) is 18.6. The maximum atomic E-state index is 11.1. The van der Waals surface area contributed by atoms with Crippen molar-refractivity contribution >= 4 is 12.0 Å². The van der Waals surface area contributed by atoms with Crippen molar-refractivity contribution in [3.63, 3.8) is 0 Å². The molecule has 0 spiro atoms. The molecule has 0 aliphatic carbocycles. The van der Waals surface area contributed by atoms with Gasteiger partial charge >= 0.3 is 0 Å². The van der Waals surface area contributed by atoms with E-state index in [1.165, 1.54) is 0 Å². The number of ether oxygens (including phenoxy) is 1. The van der Waals surface area contributed by atoms with E-state index in [0.29, 0.717) is 18.4 Å². The SMILES string of the molecule is CC(C)N(C(C)C)C(C)OC(C=O)ONc1ccccc1. The molecule has 1 aromatic rings. The van der Waals surface area contributed by atoms with Crippen LogP contribution in [0.25, 0.3) is 0 Å². The number of nitrogens with zero attached hydrogens (tertiary/aromatic N) is 1. The van der Waals surface area contributed by atoms with E-state index in [1.807, 2.05) is 37.3 Å². The quantitative estimate of drug-likeness (QED) is 0.431. The summed E-state index contributed by atoms with van der Waals surface area (Å²) in [6, 6.07) is 9.99. The Kier molecular flexibility index (Phi) is 7.36. The lowest BCUT2D eigenvalue weighted by Gasteiger charge is -2.36. The zero-order valence-electron chi connectivity index (χ0n) is 13.4. The number of rotatable bonds is 9. The van der Waals surface area contributed by atoms with Crippen LogP contribution >= 0.6 is 0 Å². The molecule has 1 rings (SSSR count). The van der Waals surface area contributed by atoms with Crippen molar-refractivity contribution in [1.82, 2.24) is 4.90 Å². The topological polar surface area (TPSA) is 50.8 Å². The molecule has 0 aliphatic heterocycles. The molecule has 21 heavy (non-hydrogen) atoms. The first-order chi connectivity index (χ1) is 9.95. The normalized spacial score (nSPS) is 14.5. The Morgan fingerprint density at radius 1 is 1.05 bits per heavy atom. The standard InChI is InChI=1S/C16H26N2O3/c1-12(2)18(13(3)4)14(5)20-16(11-19)21-17-15-9-7-6-8-10-15/h6-14,16-17H,1-5H3. The molecule has 2 atom stereocenters. The Hall–Kier alpha value is -1.43. The monoisotopic (exact) mass is 294 g/mol. The highest BCUT2D eigenvalue weighted by molar-refractivity contribution is 5.54. The number of benzene rings is 1. The molecular formula is C16H26N2O3. The Labute approximate surface area is 127 Å². The molecule has 5 nitrogen and oxygen atoms in total. The Bertz CT molecular complexity index is 401. The van der Waals surface area contributed by atoms with Crippen molar-refractivity contribution in [1.29, 1.82) is 0 Å². The van der Waals surface area contributed by atoms with Gasteiger partial charge in [0, 0.05) is 12.1 Å². The smallest absolute Gasteiger partial charge is 0.241 e. The van der Waals surface area contributed by atoms with Gasteiger partial charge in [-0.1, -0.05) is 18.2 Å². The second-order valence-corrected chi connectivity index (χ2v) is 5.46. The van der Waals surface area contributed by atoms with Gasteiger partial charge in [0.25, 0.3) is 0 Å². The third kappa shape index (κ3) is 5.83. The maximum Gasteiger partial charge on any atom is 0.241 e. The average molecular weight is 294 g/mol. The van der Waals surface area contributed by atoms with E-state index in [1.54, 1.807) is 0 Å². The molecule has 0 saturated heterocycles. The van der Waals surface area contributed by atoms with E-state index in [0.717, 1.165) is 5.69 Å². The van der Waals surface area contributed by atoms with E-state index in [2.05, 4.69) is 38.1 Å². The van der Waals surface area contributed by atoms with E-state index < -0.39 is 6.29 Å². The van der Waals surface area contributed by atoms with Gasteiger partial charge in [0.15, 0.2) is 6.29 Å². The lowest BCUT2D eigenvalue weighted by atomic mass is 10.2. The third-order valence-corrected chi connectivity index (χ3v) is 3.12. The number of anilines is 1. The molecule has 0 aromatic heterocycles. The van der Waals surface area contributed by atoms with Gasteiger partial charge in [-0.05, 0) is 46.8 Å². The molecular weight excluding hydrogens is 268 g/mol. The lowest BCUT2D eigenvalue weighted by Crippen LogP contribution is -2.47. The molecule has 2 unspecified atom stereocenters. The minimum absolute atomic E-state index is 0.224. The lowest BCUT2D eigenvalue weighted by molar-refractivity contribution is -0.193. The van der Waals surface area contributed by atoms with Gasteiger partial charge in [0.1, 0.15) is 6.23 Å². The van der Waals surface area contributed by atoms with Crippen molar-refractivity contribution in [2.45, 2.75) is 59.2 Å². The van der Waals surface area contributed by atoms with Crippen molar-refractivity contribution < 1.29 is 14.4 Å². The van der Waals surface area contributed by atoms with Crippen LogP contribution in [0, 0.1) is 0 Å². The van der Waals surface area contributed by atoms with Crippen LogP contribution in [0.15, 0.2) is 30.3 Å². The summed E-state index contributed by atoms with van der Waals surface area (Å²) in [7, 11) is 0. The second kappa shape index (κ2) is 8.77. The van der Waals surface area contributed by atoms with E-state index in [9.17, 15) is 4.79 Å². The molecule has 0 amide bonds. The van der Waals surface area contributed by atoms with Gasteiger partial charge < -0.3 is 4.74 Å². The van der Waals surface area contributed by atoms with Gasteiger partial charge in [-0.2, -0.15) is 0 Å². The number of nitrogens with one attached hydrogen (secondary N) is 1. The highest BCUT2D eigenvalue weighted by Crippen LogP contribution is 2.14. The maximum absolute atomic E-state index is 11.1. The van der Waals surface area contributed by atoms with Crippen LogP contribution in [0.1, 0.15) is 34.6 Å². The summed E-state index contributed by atoms with van der Waals surface area (Å²) in [5.41, 5.74) is 3.49. The van der Waals surface area contributed by atoms with Gasteiger partial charge in [-0.15, -0.1) is 0 Å². The Morgan fingerprint density at radius 3 is 2.10 bits per heavy atom. The largest absolute Gasteiger partial charge is 0.326 e. The minimum atomic E-state index is -0.958. The van der Waals surface area contributed by atoms with E-state index in [-0.39, 0.29) is 6.23 Å². The summed E-state index contributed by atoms with van der Waals surface area (Å²) in [6.07, 6.45) is -0.538. The van der Waals surface area contributed by atoms with Crippen molar-refractivity contribution in [3.8, 4) is 0 Å². The van der Waals surface area contributed by atoms with Crippen LogP contribution in [0.3, 0.4) is 0 Å². The van der Waals surface area contributed by atoms with Crippen LogP contribution in [0.4, 0.5) is 5.69 Å². The third-order valence-electron chi connectivity index (χ3n) is 3.12. The second-order valence-electron chi connectivity index (χ2n) is 5.46. The zero-order valence-corrected chi connectivity index (χ0v) is 13.4. The van der Waals surface area contributed by atoms with Crippen LogP contribution in [-0.2, 0) is 14.4 Å². The molecule has 0 saturated carbocycles. The van der Waals surface area contributed by atoms with E-state index in [4.69, 9.17) is 9.57 Å². The number of carbonyl (C=O) groups is 1. The fraction of sp³-hybridized carbons (Fsp3) is 0.562. The van der Waals surface area contributed by atoms with Gasteiger partial charge in [-0.25, -0.2) is 4.84 Å². The van der Waals surface area contributed by atoms with Gasteiger partial charge in [0.2, 0.25) is 6.29 Å². The molecule has 0 fully saturated rings. The number of hydrogen-bond donors (Lipinski definition) is 1. The molecule has 1 N–H and O–H groups in total. The molecule has 118 valence electrons. The Balaban J connectivity index is 2.54. The summed E-state index contributed by atoms with van der Waals surface area (Å²) >= 11 is 0. The van der Waals surface area contributed by atoms with Gasteiger partial charge in [0.05, 0.1) is 5.69 Å². The highest BCUT2D eigenvalue weighted by Gasteiger charge is 2.24. The molecule has 0 bridgehead atoms. The van der Waals surface area contributed by atoms with Crippen molar-refractivity contribution in [3.05, 3.63) is 30.3 Å². The molecule has 0 radical (unpaired) electrons. The minimum Gasteiger partial charge on any atom is -0.326 e. The molecule has 0 heterocycles. The van der Waals surface area contributed by atoms with Gasteiger partial charge in [-0.3, -0.25) is 15.2 Å². The fourth-order valence-electron chi connectivity index (χ4n) is 2.42. The number of para-hydroxylation sites is 1. The van der Waals surface area contributed by atoms with Crippen molar-refractivity contribution in [2.24, 2.45) is 0 Å². The van der Waals surface area contributed by atoms with Crippen LogP contribution in [-0.4, -0.2) is 35.8 Å². The van der Waals surface area contributed by atoms with Crippen LogP contribution in [0.2, 0.25) is 0 Å². The molecule has 1 aromatic carbocycles. The predicted octanol–water partition coefficient (Wildman–Crippen LogP) is 3.04. The number of carbonyl (C=O) groups excluding carboxylic acids is 1. The van der Waals surface area contributed by atoms with Crippen LogP contribution < -0.4 is 5.48 Å². The van der Waals surface area contributed by atoms with Crippen LogP contribution in [0.5, 0.6) is 0 Å². The van der Waals surface area contributed by atoms with E-state index >= 15 is 0 Å². The first-order valence-corrected chi connectivity index (χ1v) is 7.30. The summed E-state index contributed by atoms with van der Waals surface area (Å²) in [5, 5.41) is 0. The zero-order chi connectivity index (χ0) is 15.8. The first kappa shape index (κ1) is 17.6.